The summed E-state index contributed by atoms with van der Waals surface area (Å²) in [5.41, 5.74) is 0.795. The molecule has 1 aromatic carbocycles. The number of ether oxygens (including phenoxy) is 2. The van der Waals surface area contributed by atoms with Crippen molar-refractivity contribution in [3.63, 3.8) is 0 Å². The highest BCUT2D eigenvalue weighted by molar-refractivity contribution is 6.61. The van der Waals surface area contributed by atoms with E-state index in [1.807, 2.05) is 0 Å². The van der Waals surface area contributed by atoms with Gasteiger partial charge in [0.15, 0.2) is 6.29 Å². The molecule has 8 heteroatoms. The standard InChI is InChI=1S/C12H15BFNO5/c1-18-11(19-2)5-15-12(16)8-4-9-7(3-10(8)14)6-20-13(9)17/h3-4,11,17H,5-6H2,1-2H3,(H,15,16). The predicted octanol–water partition coefficient (Wildman–Crippen LogP) is -0.608. The van der Waals surface area contributed by atoms with Crippen molar-refractivity contribution >= 4 is 18.5 Å². The maximum Gasteiger partial charge on any atom is 0.491 e. The summed E-state index contributed by atoms with van der Waals surface area (Å²) in [4.78, 5) is 11.9. The minimum absolute atomic E-state index is 0.0847. The maximum absolute atomic E-state index is 13.9. The fraction of sp³-hybridized carbons (Fsp3) is 0.417. The number of benzene rings is 1. The summed E-state index contributed by atoms with van der Waals surface area (Å²) in [6, 6.07) is 2.50. The molecular formula is C12H15BFNO5. The third-order valence-electron chi connectivity index (χ3n) is 3.09. The number of amides is 1. The molecule has 2 rings (SSSR count). The first-order chi connectivity index (χ1) is 9.56. The number of nitrogens with one attached hydrogen (secondary N) is 1. The summed E-state index contributed by atoms with van der Waals surface area (Å²) >= 11 is 0. The second-order valence-electron chi connectivity index (χ2n) is 4.31. The number of halogens is 1. The monoisotopic (exact) mass is 283 g/mol. The molecule has 1 aliphatic rings. The molecule has 0 saturated carbocycles. The summed E-state index contributed by atoms with van der Waals surface area (Å²) in [6.07, 6.45) is -0.606. The fourth-order valence-electron chi connectivity index (χ4n) is 1.95. The van der Waals surface area contributed by atoms with Crippen LogP contribution in [0.2, 0.25) is 0 Å². The molecule has 1 aromatic rings. The molecule has 1 heterocycles. The van der Waals surface area contributed by atoms with E-state index in [2.05, 4.69) is 5.32 Å². The number of hydrogen-bond donors (Lipinski definition) is 2. The Morgan fingerprint density at radius 1 is 1.55 bits per heavy atom. The number of fused-ring (bicyclic) bond motifs is 1. The molecule has 0 aliphatic carbocycles. The van der Waals surface area contributed by atoms with Crippen molar-refractivity contribution in [3.05, 3.63) is 29.1 Å². The summed E-state index contributed by atoms with van der Waals surface area (Å²) in [7, 11) is 1.75. The molecule has 6 nitrogen and oxygen atoms in total. The highest BCUT2D eigenvalue weighted by Gasteiger charge is 2.30. The van der Waals surface area contributed by atoms with E-state index in [9.17, 15) is 14.2 Å². The first-order valence-electron chi connectivity index (χ1n) is 6.02. The number of hydrogen-bond acceptors (Lipinski definition) is 5. The van der Waals surface area contributed by atoms with Crippen LogP contribution in [0.25, 0.3) is 0 Å². The topological polar surface area (TPSA) is 77.0 Å². The molecule has 0 fully saturated rings. The molecule has 0 radical (unpaired) electrons. The lowest BCUT2D eigenvalue weighted by atomic mass is 9.78. The number of carbonyl (C=O) groups is 1. The minimum Gasteiger partial charge on any atom is -0.423 e. The van der Waals surface area contributed by atoms with Gasteiger partial charge in [-0.15, -0.1) is 0 Å². The van der Waals surface area contributed by atoms with Crippen LogP contribution in [0.3, 0.4) is 0 Å². The lowest BCUT2D eigenvalue weighted by Gasteiger charge is -2.14. The van der Waals surface area contributed by atoms with Crippen molar-refractivity contribution in [2.45, 2.75) is 12.9 Å². The molecule has 108 valence electrons. The lowest BCUT2D eigenvalue weighted by Crippen LogP contribution is -2.36. The largest absolute Gasteiger partial charge is 0.491 e. The highest BCUT2D eigenvalue weighted by Crippen LogP contribution is 2.15. The van der Waals surface area contributed by atoms with E-state index in [1.54, 1.807) is 0 Å². The summed E-state index contributed by atoms with van der Waals surface area (Å²) < 4.78 is 28.6. The van der Waals surface area contributed by atoms with Gasteiger partial charge in [0.25, 0.3) is 5.91 Å². The van der Waals surface area contributed by atoms with Crippen molar-refractivity contribution in [2.24, 2.45) is 0 Å². The number of methoxy groups -OCH3 is 2. The number of carbonyl (C=O) groups excluding carboxylic acids is 1. The first-order valence-corrected chi connectivity index (χ1v) is 6.02. The van der Waals surface area contributed by atoms with Crippen LogP contribution in [0.1, 0.15) is 15.9 Å². The normalized spacial score (nSPS) is 13.8. The molecule has 1 amide bonds. The minimum atomic E-state index is -1.12. The van der Waals surface area contributed by atoms with E-state index in [1.165, 1.54) is 26.4 Å². The van der Waals surface area contributed by atoms with Gasteiger partial charge in [0, 0.05) is 14.2 Å². The molecule has 0 atom stereocenters. The van der Waals surface area contributed by atoms with Crippen molar-refractivity contribution in [1.29, 1.82) is 0 Å². The van der Waals surface area contributed by atoms with Gasteiger partial charge in [-0.2, -0.15) is 0 Å². The molecule has 0 saturated heterocycles. The van der Waals surface area contributed by atoms with Gasteiger partial charge in [0.1, 0.15) is 5.82 Å². The smallest absolute Gasteiger partial charge is 0.423 e. The van der Waals surface area contributed by atoms with E-state index < -0.39 is 25.1 Å². The second kappa shape index (κ2) is 6.32. The Labute approximate surface area is 116 Å². The van der Waals surface area contributed by atoms with E-state index in [4.69, 9.17) is 14.1 Å². The van der Waals surface area contributed by atoms with Gasteiger partial charge in [0.05, 0.1) is 18.7 Å². The molecule has 0 bridgehead atoms. The van der Waals surface area contributed by atoms with Crippen LogP contribution in [0.15, 0.2) is 12.1 Å². The molecule has 2 N–H and O–H groups in total. The number of rotatable bonds is 5. The Kier molecular flexibility index (Phi) is 4.71. The van der Waals surface area contributed by atoms with Crippen LogP contribution in [0, 0.1) is 5.82 Å². The van der Waals surface area contributed by atoms with Crippen molar-refractivity contribution in [1.82, 2.24) is 5.32 Å². The van der Waals surface area contributed by atoms with Gasteiger partial charge < -0.3 is 24.5 Å². The van der Waals surface area contributed by atoms with Crippen molar-refractivity contribution < 1.29 is 28.3 Å². The summed E-state index contributed by atoms with van der Waals surface area (Å²) in [6.45, 7) is 0.214. The maximum atomic E-state index is 13.9. The average Bonchev–Trinajstić information content (AvgIpc) is 2.79. The Morgan fingerprint density at radius 3 is 2.90 bits per heavy atom. The van der Waals surface area contributed by atoms with Crippen LogP contribution >= 0.6 is 0 Å². The SMILES string of the molecule is COC(CNC(=O)c1cc2c(cc1F)COB2O)OC. The van der Waals surface area contributed by atoms with Crippen LogP contribution in [0.4, 0.5) is 4.39 Å². The van der Waals surface area contributed by atoms with Crippen LogP contribution in [-0.4, -0.2) is 45.1 Å². The van der Waals surface area contributed by atoms with Gasteiger partial charge in [-0.1, -0.05) is 0 Å². The molecular weight excluding hydrogens is 268 g/mol. The third kappa shape index (κ3) is 2.99. The summed E-state index contributed by atoms with van der Waals surface area (Å²) in [5, 5.41) is 12.1. The molecule has 0 unspecified atom stereocenters. The Morgan fingerprint density at radius 2 is 2.25 bits per heavy atom. The van der Waals surface area contributed by atoms with Gasteiger partial charge in [0.2, 0.25) is 0 Å². The third-order valence-corrected chi connectivity index (χ3v) is 3.09. The zero-order chi connectivity index (χ0) is 14.7. The van der Waals surface area contributed by atoms with Crippen LogP contribution in [-0.2, 0) is 20.7 Å². The predicted molar refractivity (Wildman–Crippen MR) is 68.9 cm³/mol. The second-order valence-corrected chi connectivity index (χ2v) is 4.31. The fourth-order valence-corrected chi connectivity index (χ4v) is 1.95. The van der Waals surface area contributed by atoms with Gasteiger partial charge in [-0.3, -0.25) is 4.79 Å². The van der Waals surface area contributed by atoms with E-state index in [-0.39, 0.29) is 18.7 Å². The van der Waals surface area contributed by atoms with Crippen LogP contribution in [0.5, 0.6) is 0 Å². The first kappa shape index (κ1) is 14.9. The quantitative estimate of drug-likeness (QED) is 0.557. The van der Waals surface area contributed by atoms with E-state index >= 15 is 0 Å². The Bertz CT molecular complexity index is 509. The molecule has 20 heavy (non-hydrogen) atoms. The van der Waals surface area contributed by atoms with Crippen molar-refractivity contribution in [2.75, 3.05) is 20.8 Å². The average molecular weight is 283 g/mol. The molecule has 1 aliphatic heterocycles. The molecule has 0 spiro atoms. The Balaban J connectivity index is 2.12. The molecule has 0 aromatic heterocycles. The lowest BCUT2D eigenvalue weighted by molar-refractivity contribution is -0.0974. The van der Waals surface area contributed by atoms with Crippen molar-refractivity contribution in [3.8, 4) is 0 Å². The zero-order valence-electron chi connectivity index (χ0n) is 11.2. The van der Waals surface area contributed by atoms with Gasteiger partial charge in [-0.05, 0) is 23.2 Å². The Hall–Kier alpha value is -1.48. The highest BCUT2D eigenvalue weighted by atomic mass is 19.1. The van der Waals surface area contributed by atoms with E-state index in [0.717, 1.165) is 0 Å². The zero-order valence-corrected chi connectivity index (χ0v) is 11.2. The van der Waals surface area contributed by atoms with Gasteiger partial charge in [-0.25, -0.2) is 4.39 Å². The van der Waals surface area contributed by atoms with Gasteiger partial charge >= 0.3 is 7.12 Å². The summed E-state index contributed by atoms with van der Waals surface area (Å²) in [5.74, 6) is -1.27. The van der Waals surface area contributed by atoms with E-state index in [0.29, 0.717) is 11.0 Å². The van der Waals surface area contributed by atoms with Crippen LogP contribution < -0.4 is 10.8 Å².